The first-order valence-corrected chi connectivity index (χ1v) is 9.98. The smallest absolute Gasteiger partial charge is 0.347 e. The summed E-state index contributed by atoms with van der Waals surface area (Å²) in [7, 11) is 0. The molecule has 2 aliphatic rings. The van der Waals surface area contributed by atoms with Gasteiger partial charge in [0.05, 0.1) is 12.1 Å². The lowest BCUT2D eigenvalue weighted by Crippen LogP contribution is -2.32. The van der Waals surface area contributed by atoms with Crippen molar-refractivity contribution in [3.63, 3.8) is 0 Å². The number of pyridine rings is 1. The van der Waals surface area contributed by atoms with Gasteiger partial charge in [0.15, 0.2) is 0 Å². The number of rotatable bonds is 6. The molecular formula is C22H20F3N5O2. The lowest BCUT2D eigenvalue weighted by molar-refractivity contribution is -0.137. The summed E-state index contributed by atoms with van der Waals surface area (Å²) in [5, 5.41) is 2.80. The van der Waals surface area contributed by atoms with Crippen LogP contribution in [-0.4, -0.2) is 47.2 Å². The minimum absolute atomic E-state index is 0.184. The molecule has 0 unspecified atom stereocenters. The van der Waals surface area contributed by atoms with Crippen molar-refractivity contribution in [2.24, 2.45) is 4.99 Å². The molecule has 0 bridgehead atoms. The molecule has 4 rings (SSSR count). The van der Waals surface area contributed by atoms with E-state index in [0.29, 0.717) is 43.0 Å². The van der Waals surface area contributed by atoms with Gasteiger partial charge in [-0.1, -0.05) is 18.2 Å². The van der Waals surface area contributed by atoms with Crippen LogP contribution in [0.2, 0.25) is 0 Å². The van der Waals surface area contributed by atoms with Gasteiger partial charge < -0.3 is 10.2 Å². The quantitative estimate of drug-likeness (QED) is 0.741. The van der Waals surface area contributed by atoms with E-state index in [1.54, 1.807) is 18.3 Å². The maximum absolute atomic E-state index is 12.8. The number of carbonyl (C=O) groups is 2. The second-order valence-corrected chi connectivity index (χ2v) is 7.42. The van der Waals surface area contributed by atoms with Crippen LogP contribution in [0.25, 0.3) is 0 Å². The van der Waals surface area contributed by atoms with E-state index in [1.165, 1.54) is 28.1 Å². The number of halogens is 3. The van der Waals surface area contributed by atoms with Crippen molar-refractivity contribution in [1.82, 2.24) is 15.2 Å². The van der Waals surface area contributed by atoms with E-state index in [9.17, 15) is 22.8 Å². The molecule has 1 saturated heterocycles. The minimum Gasteiger partial charge on any atom is -0.347 e. The number of amides is 3. The number of nitrogens with zero attached hydrogens (tertiary/aromatic N) is 4. The Labute approximate surface area is 182 Å². The SMILES string of the molecule is O=C(NCC1=NC=CC1)c1ccnc(N2CCN(Cc3ccc(C(F)(F)F)cc3)C2=O)c1. The van der Waals surface area contributed by atoms with E-state index in [2.05, 4.69) is 15.3 Å². The molecule has 0 saturated carbocycles. The average molecular weight is 443 g/mol. The molecule has 1 aromatic heterocycles. The molecule has 7 nitrogen and oxygen atoms in total. The number of hydrogen-bond donors (Lipinski definition) is 1. The third kappa shape index (κ3) is 4.79. The molecule has 3 heterocycles. The van der Waals surface area contributed by atoms with Gasteiger partial charge in [0.1, 0.15) is 5.82 Å². The number of nitrogens with one attached hydrogen (secondary N) is 1. The minimum atomic E-state index is -4.40. The molecule has 2 aromatic rings. The lowest BCUT2D eigenvalue weighted by atomic mass is 10.1. The molecule has 32 heavy (non-hydrogen) atoms. The van der Waals surface area contributed by atoms with E-state index < -0.39 is 11.7 Å². The molecule has 166 valence electrons. The fourth-order valence-corrected chi connectivity index (χ4v) is 3.47. The van der Waals surface area contributed by atoms with Gasteiger partial charge in [0, 0.05) is 49.7 Å². The summed E-state index contributed by atoms with van der Waals surface area (Å²) >= 11 is 0. The van der Waals surface area contributed by atoms with Crippen LogP contribution in [0.5, 0.6) is 0 Å². The van der Waals surface area contributed by atoms with Crippen LogP contribution in [-0.2, 0) is 12.7 Å². The number of allylic oxidation sites excluding steroid dienone is 1. The Hall–Kier alpha value is -3.69. The molecule has 1 aromatic carbocycles. The Morgan fingerprint density at radius 1 is 1.12 bits per heavy atom. The Morgan fingerprint density at radius 2 is 1.91 bits per heavy atom. The number of aliphatic imine (C=N–C) groups is 1. The Kier molecular flexibility index (Phi) is 5.93. The van der Waals surface area contributed by atoms with Gasteiger partial charge in [0.2, 0.25) is 0 Å². The van der Waals surface area contributed by atoms with Gasteiger partial charge in [-0.3, -0.25) is 14.7 Å². The van der Waals surface area contributed by atoms with Crippen LogP contribution in [0, 0.1) is 0 Å². The summed E-state index contributed by atoms with van der Waals surface area (Å²) in [6, 6.07) is 7.53. The largest absolute Gasteiger partial charge is 0.416 e. The number of carbonyl (C=O) groups excluding carboxylic acids is 2. The van der Waals surface area contributed by atoms with Crippen LogP contribution >= 0.6 is 0 Å². The van der Waals surface area contributed by atoms with Gasteiger partial charge >= 0.3 is 12.2 Å². The van der Waals surface area contributed by atoms with Crippen LogP contribution < -0.4 is 10.2 Å². The third-order valence-corrected chi connectivity index (χ3v) is 5.20. The predicted molar refractivity (Wildman–Crippen MR) is 112 cm³/mol. The highest BCUT2D eigenvalue weighted by Gasteiger charge is 2.32. The Bertz CT molecular complexity index is 1080. The van der Waals surface area contributed by atoms with E-state index in [-0.39, 0.29) is 18.5 Å². The van der Waals surface area contributed by atoms with Crippen LogP contribution in [0.3, 0.4) is 0 Å². The van der Waals surface area contributed by atoms with Gasteiger partial charge in [-0.25, -0.2) is 9.78 Å². The van der Waals surface area contributed by atoms with Crippen molar-refractivity contribution in [1.29, 1.82) is 0 Å². The van der Waals surface area contributed by atoms with Crippen molar-refractivity contribution in [3.05, 3.63) is 71.6 Å². The number of anilines is 1. The fourth-order valence-electron chi connectivity index (χ4n) is 3.47. The summed E-state index contributed by atoms with van der Waals surface area (Å²) in [6.07, 6.45) is 1.37. The molecule has 3 amide bonds. The van der Waals surface area contributed by atoms with Crippen molar-refractivity contribution in [2.75, 3.05) is 24.5 Å². The summed E-state index contributed by atoms with van der Waals surface area (Å²) < 4.78 is 38.2. The normalized spacial score (nSPS) is 16.0. The second kappa shape index (κ2) is 8.81. The van der Waals surface area contributed by atoms with E-state index in [1.807, 2.05) is 6.08 Å². The monoisotopic (exact) mass is 443 g/mol. The first kappa shape index (κ1) is 21.5. The summed E-state index contributed by atoms with van der Waals surface area (Å²) in [5.41, 5.74) is 1.10. The first-order valence-electron chi connectivity index (χ1n) is 9.98. The number of hydrogen-bond acceptors (Lipinski definition) is 4. The molecule has 0 aliphatic carbocycles. The topological polar surface area (TPSA) is 77.9 Å². The molecular weight excluding hydrogens is 423 g/mol. The molecule has 10 heteroatoms. The summed E-state index contributed by atoms with van der Waals surface area (Å²) in [5.74, 6) is 0.0500. The highest BCUT2D eigenvalue weighted by atomic mass is 19.4. The molecule has 0 spiro atoms. The third-order valence-electron chi connectivity index (χ3n) is 5.20. The Balaban J connectivity index is 1.39. The van der Waals surface area contributed by atoms with Crippen LogP contribution in [0.4, 0.5) is 23.8 Å². The van der Waals surface area contributed by atoms with Gasteiger partial charge in [-0.15, -0.1) is 0 Å². The van der Waals surface area contributed by atoms with Gasteiger partial charge in [0.25, 0.3) is 5.91 Å². The van der Waals surface area contributed by atoms with Crippen LogP contribution in [0.15, 0.2) is 59.9 Å². The molecule has 0 atom stereocenters. The molecule has 1 N–H and O–H groups in total. The summed E-state index contributed by atoms with van der Waals surface area (Å²) in [6.45, 7) is 1.28. The van der Waals surface area contributed by atoms with E-state index >= 15 is 0 Å². The molecule has 2 aliphatic heterocycles. The van der Waals surface area contributed by atoms with Crippen molar-refractivity contribution >= 4 is 23.5 Å². The van der Waals surface area contributed by atoms with Gasteiger partial charge in [-0.05, 0) is 29.8 Å². The zero-order valence-electron chi connectivity index (χ0n) is 17.0. The number of aromatic nitrogens is 1. The number of alkyl halides is 3. The summed E-state index contributed by atoms with van der Waals surface area (Å²) in [4.78, 5) is 36.6. The van der Waals surface area contributed by atoms with Crippen LogP contribution in [0.1, 0.15) is 27.9 Å². The first-order chi connectivity index (χ1) is 15.3. The highest BCUT2D eigenvalue weighted by Crippen LogP contribution is 2.29. The van der Waals surface area contributed by atoms with Crippen molar-refractivity contribution < 1.29 is 22.8 Å². The zero-order chi connectivity index (χ0) is 22.7. The maximum atomic E-state index is 12.8. The van der Waals surface area contributed by atoms with Gasteiger partial charge in [-0.2, -0.15) is 13.2 Å². The van der Waals surface area contributed by atoms with Crippen molar-refractivity contribution in [2.45, 2.75) is 19.1 Å². The predicted octanol–water partition coefficient (Wildman–Crippen LogP) is 3.63. The lowest BCUT2D eigenvalue weighted by Gasteiger charge is -2.19. The standard InChI is InChI=1S/C22H20F3N5O2/c23-22(24,25)17-5-3-15(4-6-17)14-29-10-11-30(21(29)32)19-12-16(7-9-27-19)20(31)28-13-18-2-1-8-26-18/h1,3-9,12H,2,10-11,13-14H2,(H,28,31). The average Bonchev–Trinajstić information content (AvgIpc) is 3.42. The second-order valence-electron chi connectivity index (χ2n) is 7.42. The Morgan fingerprint density at radius 3 is 2.59 bits per heavy atom. The highest BCUT2D eigenvalue weighted by molar-refractivity contribution is 6.00. The van der Waals surface area contributed by atoms with Crippen molar-refractivity contribution in [3.8, 4) is 0 Å². The zero-order valence-corrected chi connectivity index (χ0v) is 17.0. The number of benzene rings is 1. The molecule has 0 radical (unpaired) electrons. The van der Waals surface area contributed by atoms with E-state index in [0.717, 1.165) is 17.8 Å². The van der Waals surface area contributed by atoms with E-state index in [4.69, 9.17) is 0 Å². The fraction of sp³-hybridized carbons (Fsp3) is 0.273. The number of urea groups is 1. The maximum Gasteiger partial charge on any atom is 0.416 e. The molecule has 1 fully saturated rings.